The van der Waals surface area contributed by atoms with E-state index in [9.17, 15) is 4.79 Å². The number of rotatable bonds is 9. The Bertz CT molecular complexity index is 249. The lowest BCUT2D eigenvalue weighted by Crippen LogP contribution is -2.22. The molecule has 0 radical (unpaired) electrons. The van der Waals surface area contributed by atoms with Crippen LogP contribution < -0.4 is 0 Å². The zero-order chi connectivity index (χ0) is 14.0. The lowest BCUT2D eigenvalue weighted by molar-refractivity contribution is -0.150. The summed E-state index contributed by atoms with van der Waals surface area (Å²) >= 11 is 0. The van der Waals surface area contributed by atoms with E-state index in [1.165, 1.54) is 19.1 Å². The van der Waals surface area contributed by atoms with Crippen molar-refractivity contribution in [1.29, 1.82) is 0 Å². The first-order valence-corrected chi connectivity index (χ1v) is 6.85. The monoisotopic (exact) mass is 257 g/mol. The molecule has 0 rings (SSSR count). The molecule has 4 nitrogen and oxygen atoms in total. The lowest BCUT2D eigenvalue weighted by atomic mass is 9.99. The van der Waals surface area contributed by atoms with Gasteiger partial charge in [-0.2, -0.15) is 0 Å². The van der Waals surface area contributed by atoms with E-state index in [2.05, 4.69) is 19.0 Å². The normalized spacial score (nSPS) is 13.4. The molecule has 0 aliphatic heterocycles. The Balaban J connectivity index is 3.93. The Morgan fingerprint density at radius 1 is 1.17 bits per heavy atom. The fraction of sp³-hybridized carbons (Fsp3) is 0.857. The van der Waals surface area contributed by atoms with Crippen molar-refractivity contribution in [1.82, 2.24) is 0 Å². The number of ether oxygens (including phenoxy) is 1. The van der Waals surface area contributed by atoms with Crippen LogP contribution in [0.2, 0.25) is 0 Å². The molecule has 0 aliphatic carbocycles. The standard InChI is InChI=1S/C14H27NO3/c1-11(2)8-6-5-7-9-13(10-15-17)14(16)18-12(3)4/h10-13,17H,5-9H2,1-4H3/b15-10-. The molecule has 1 atom stereocenters. The van der Waals surface area contributed by atoms with Crippen molar-refractivity contribution in [3.8, 4) is 0 Å². The first-order valence-electron chi connectivity index (χ1n) is 6.85. The van der Waals surface area contributed by atoms with Crippen LogP contribution in [0, 0.1) is 11.8 Å². The highest BCUT2D eigenvalue weighted by Crippen LogP contribution is 2.14. The molecule has 1 N–H and O–H groups in total. The van der Waals surface area contributed by atoms with Gasteiger partial charge in [0, 0.05) is 0 Å². The number of carbonyl (C=O) groups excluding carboxylic acids is 1. The summed E-state index contributed by atoms with van der Waals surface area (Å²) < 4.78 is 5.12. The summed E-state index contributed by atoms with van der Waals surface area (Å²) in [6, 6.07) is 0. The van der Waals surface area contributed by atoms with Gasteiger partial charge in [-0.1, -0.05) is 39.5 Å². The number of nitrogens with zero attached hydrogens (tertiary/aromatic N) is 1. The first kappa shape index (κ1) is 16.9. The predicted octanol–water partition coefficient (Wildman–Crippen LogP) is 3.62. The Kier molecular flexibility index (Phi) is 9.33. The largest absolute Gasteiger partial charge is 0.462 e. The highest BCUT2D eigenvalue weighted by atomic mass is 16.5. The van der Waals surface area contributed by atoms with Gasteiger partial charge >= 0.3 is 5.97 Å². The van der Waals surface area contributed by atoms with Crippen LogP contribution in [0.1, 0.15) is 59.8 Å². The van der Waals surface area contributed by atoms with Crippen molar-refractivity contribution in [3.05, 3.63) is 0 Å². The fourth-order valence-corrected chi connectivity index (χ4v) is 1.75. The van der Waals surface area contributed by atoms with E-state index in [-0.39, 0.29) is 12.1 Å². The van der Waals surface area contributed by atoms with Gasteiger partial charge in [0.05, 0.1) is 18.2 Å². The molecule has 0 aromatic heterocycles. The van der Waals surface area contributed by atoms with E-state index < -0.39 is 5.92 Å². The number of hydrogen-bond acceptors (Lipinski definition) is 4. The Morgan fingerprint density at radius 2 is 1.78 bits per heavy atom. The minimum Gasteiger partial charge on any atom is -0.462 e. The van der Waals surface area contributed by atoms with Crippen LogP contribution in [-0.2, 0) is 9.53 Å². The number of unbranched alkanes of at least 4 members (excludes halogenated alkanes) is 2. The van der Waals surface area contributed by atoms with Gasteiger partial charge in [-0.05, 0) is 26.2 Å². The van der Waals surface area contributed by atoms with Crippen molar-refractivity contribution in [2.24, 2.45) is 17.0 Å². The van der Waals surface area contributed by atoms with Crippen molar-refractivity contribution in [2.45, 2.75) is 65.9 Å². The molecule has 18 heavy (non-hydrogen) atoms. The molecule has 106 valence electrons. The average Bonchev–Trinajstić information content (AvgIpc) is 2.25. The van der Waals surface area contributed by atoms with Gasteiger partial charge in [0.15, 0.2) is 0 Å². The van der Waals surface area contributed by atoms with Gasteiger partial charge in [0.2, 0.25) is 0 Å². The van der Waals surface area contributed by atoms with Crippen LogP contribution in [0.3, 0.4) is 0 Å². The quantitative estimate of drug-likeness (QED) is 0.226. The Morgan fingerprint density at radius 3 is 2.28 bits per heavy atom. The molecule has 0 heterocycles. The molecular formula is C14H27NO3. The molecule has 0 saturated heterocycles. The van der Waals surface area contributed by atoms with Crippen molar-refractivity contribution in [3.63, 3.8) is 0 Å². The van der Waals surface area contributed by atoms with Gasteiger partial charge in [0.1, 0.15) is 0 Å². The number of esters is 1. The molecule has 0 spiro atoms. The maximum Gasteiger partial charge on any atom is 0.314 e. The van der Waals surface area contributed by atoms with Gasteiger partial charge < -0.3 is 9.94 Å². The van der Waals surface area contributed by atoms with Crippen LogP contribution in [0.4, 0.5) is 0 Å². The van der Waals surface area contributed by atoms with E-state index in [1.54, 1.807) is 0 Å². The summed E-state index contributed by atoms with van der Waals surface area (Å²) in [5.41, 5.74) is 0. The minimum absolute atomic E-state index is 0.131. The Labute approximate surface area is 110 Å². The summed E-state index contributed by atoms with van der Waals surface area (Å²) in [7, 11) is 0. The van der Waals surface area contributed by atoms with Crippen LogP contribution in [0.25, 0.3) is 0 Å². The summed E-state index contributed by atoms with van der Waals surface area (Å²) in [4.78, 5) is 11.7. The Hall–Kier alpha value is -1.06. The summed E-state index contributed by atoms with van der Waals surface area (Å²) in [6.07, 6.45) is 6.28. The molecule has 0 aromatic carbocycles. The van der Waals surface area contributed by atoms with Gasteiger partial charge in [-0.25, -0.2) is 0 Å². The van der Waals surface area contributed by atoms with Crippen molar-refractivity contribution in [2.75, 3.05) is 0 Å². The van der Waals surface area contributed by atoms with E-state index >= 15 is 0 Å². The zero-order valence-corrected chi connectivity index (χ0v) is 12.1. The maximum absolute atomic E-state index is 11.7. The minimum atomic E-state index is -0.420. The van der Waals surface area contributed by atoms with E-state index in [0.717, 1.165) is 18.8 Å². The fourth-order valence-electron chi connectivity index (χ4n) is 1.75. The zero-order valence-electron chi connectivity index (χ0n) is 12.1. The smallest absolute Gasteiger partial charge is 0.314 e. The van der Waals surface area contributed by atoms with Gasteiger partial charge in [-0.15, -0.1) is 5.16 Å². The topological polar surface area (TPSA) is 58.9 Å². The molecule has 4 heteroatoms. The van der Waals surface area contributed by atoms with Crippen molar-refractivity contribution >= 4 is 12.2 Å². The van der Waals surface area contributed by atoms with E-state index in [1.807, 2.05) is 13.8 Å². The maximum atomic E-state index is 11.7. The van der Waals surface area contributed by atoms with Gasteiger partial charge in [-0.3, -0.25) is 4.79 Å². The summed E-state index contributed by atoms with van der Waals surface area (Å²) in [5.74, 6) is 0.00816. The third kappa shape index (κ3) is 9.02. The van der Waals surface area contributed by atoms with Crippen LogP contribution in [0.5, 0.6) is 0 Å². The highest BCUT2D eigenvalue weighted by Gasteiger charge is 2.18. The molecular weight excluding hydrogens is 230 g/mol. The summed E-state index contributed by atoms with van der Waals surface area (Å²) in [6.45, 7) is 8.05. The predicted molar refractivity (Wildman–Crippen MR) is 72.9 cm³/mol. The number of hydrogen-bond donors (Lipinski definition) is 1. The number of carbonyl (C=O) groups is 1. The molecule has 0 aliphatic rings. The molecule has 0 fully saturated rings. The van der Waals surface area contributed by atoms with Crippen LogP contribution in [-0.4, -0.2) is 23.5 Å². The number of oxime groups is 1. The van der Waals surface area contributed by atoms with E-state index in [0.29, 0.717) is 6.42 Å². The second-order valence-corrected chi connectivity index (χ2v) is 5.39. The van der Waals surface area contributed by atoms with Crippen LogP contribution >= 0.6 is 0 Å². The van der Waals surface area contributed by atoms with Crippen molar-refractivity contribution < 1.29 is 14.7 Å². The highest BCUT2D eigenvalue weighted by molar-refractivity contribution is 5.89. The lowest BCUT2D eigenvalue weighted by Gasteiger charge is -2.13. The summed E-state index contributed by atoms with van der Waals surface area (Å²) in [5, 5.41) is 11.5. The third-order valence-electron chi connectivity index (χ3n) is 2.70. The first-order chi connectivity index (χ1) is 8.47. The second-order valence-electron chi connectivity index (χ2n) is 5.39. The SMILES string of the molecule is CC(C)CCCCCC(/C=N\O)C(=O)OC(C)C. The molecule has 0 amide bonds. The molecule has 0 bridgehead atoms. The van der Waals surface area contributed by atoms with Gasteiger partial charge in [0.25, 0.3) is 0 Å². The third-order valence-corrected chi connectivity index (χ3v) is 2.70. The van der Waals surface area contributed by atoms with E-state index in [4.69, 9.17) is 9.94 Å². The molecule has 1 unspecified atom stereocenters. The second kappa shape index (κ2) is 9.92. The molecule has 0 saturated carbocycles. The molecule has 0 aromatic rings. The van der Waals surface area contributed by atoms with Crippen LogP contribution in [0.15, 0.2) is 5.16 Å². The average molecular weight is 257 g/mol.